The second kappa shape index (κ2) is 9.49. The standard InChI is InChI=1S/C20H23ClN6OS/c21-16-3-4-19(27-15-22-14-23-27)18(12-16)24-20(28)13-26-9-7-25(8-10-26)6-5-17-2-1-11-29-17/h1-4,11-12,14-15H,5-10,13H2,(H,24,28). The number of piperazine rings is 1. The van der Waals surface area contributed by atoms with Crippen molar-refractivity contribution in [2.75, 3.05) is 44.6 Å². The maximum absolute atomic E-state index is 12.6. The van der Waals surface area contributed by atoms with Gasteiger partial charge in [-0.2, -0.15) is 5.10 Å². The van der Waals surface area contributed by atoms with E-state index in [2.05, 4.69) is 42.7 Å². The van der Waals surface area contributed by atoms with Crippen molar-refractivity contribution in [3.05, 3.63) is 58.3 Å². The molecule has 1 aliphatic heterocycles. The van der Waals surface area contributed by atoms with Crippen LogP contribution in [0, 0.1) is 0 Å². The Kier molecular flexibility index (Phi) is 6.56. The summed E-state index contributed by atoms with van der Waals surface area (Å²) in [6.07, 6.45) is 4.14. The first-order valence-electron chi connectivity index (χ1n) is 9.59. The van der Waals surface area contributed by atoms with Crippen LogP contribution in [-0.4, -0.2) is 69.7 Å². The molecule has 29 heavy (non-hydrogen) atoms. The molecule has 152 valence electrons. The van der Waals surface area contributed by atoms with Crippen LogP contribution in [0.4, 0.5) is 5.69 Å². The van der Waals surface area contributed by atoms with E-state index in [1.54, 1.807) is 23.1 Å². The number of benzene rings is 1. The summed E-state index contributed by atoms with van der Waals surface area (Å²) in [6, 6.07) is 9.61. The smallest absolute Gasteiger partial charge is 0.238 e. The highest BCUT2D eigenvalue weighted by atomic mass is 35.5. The van der Waals surface area contributed by atoms with Crippen molar-refractivity contribution in [2.24, 2.45) is 0 Å². The molecule has 0 atom stereocenters. The molecule has 0 unspecified atom stereocenters. The Morgan fingerprint density at radius 3 is 2.72 bits per heavy atom. The first kappa shape index (κ1) is 20.0. The molecule has 1 N–H and O–H groups in total. The van der Waals surface area contributed by atoms with Crippen molar-refractivity contribution in [3.63, 3.8) is 0 Å². The number of aromatic nitrogens is 3. The molecular formula is C20H23ClN6OS. The van der Waals surface area contributed by atoms with Gasteiger partial charge < -0.3 is 10.2 Å². The highest BCUT2D eigenvalue weighted by molar-refractivity contribution is 7.09. The predicted octanol–water partition coefficient (Wildman–Crippen LogP) is 2.78. The van der Waals surface area contributed by atoms with E-state index in [1.807, 2.05) is 17.4 Å². The Balaban J connectivity index is 1.28. The van der Waals surface area contributed by atoms with Crippen molar-refractivity contribution in [1.82, 2.24) is 24.6 Å². The highest BCUT2D eigenvalue weighted by Gasteiger charge is 2.19. The molecular weight excluding hydrogens is 408 g/mol. The number of carbonyl (C=O) groups is 1. The maximum Gasteiger partial charge on any atom is 0.238 e. The Morgan fingerprint density at radius 1 is 1.17 bits per heavy atom. The number of hydrogen-bond donors (Lipinski definition) is 1. The van der Waals surface area contributed by atoms with Gasteiger partial charge >= 0.3 is 0 Å². The van der Waals surface area contributed by atoms with Crippen LogP contribution in [0.25, 0.3) is 5.69 Å². The number of nitrogens with one attached hydrogen (secondary N) is 1. The minimum absolute atomic E-state index is 0.0549. The van der Waals surface area contributed by atoms with Gasteiger partial charge in [-0.1, -0.05) is 17.7 Å². The molecule has 3 aromatic rings. The molecule has 3 heterocycles. The molecule has 1 aromatic carbocycles. The number of rotatable bonds is 7. The first-order chi connectivity index (χ1) is 14.2. The van der Waals surface area contributed by atoms with Gasteiger partial charge in [-0.25, -0.2) is 9.67 Å². The summed E-state index contributed by atoms with van der Waals surface area (Å²) in [6.45, 7) is 5.19. The van der Waals surface area contributed by atoms with E-state index in [0.29, 0.717) is 17.3 Å². The summed E-state index contributed by atoms with van der Waals surface area (Å²) in [5.74, 6) is -0.0549. The zero-order valence-corrected chi connectivity index (χ0v) is 17.6. The van der Waals surface area contributed by atoms with Crippen molar-refractivity contribution < 1.29 is 4.79 Å². The zero-order chi connectivity index (χ0) is 20.1. The molecule has 0 bridgehead atoms. The number of hydrogen-bond acceptors (Lipinski definition) is 6. The van der Waals surface area contributed by atoms with Crippen LogP contribution in [0.2, 0.25) is 5.02 Å². The molecule has 0 aliphatic carbocycles. The van der Waals surface area contributed by atoms with Crippen molar-refractivity contribution in [2.45, 2.75) is 6.42 Å². The predicted molar refractivity (Wildman–Crippen MR) is 116 cm³/mol. The fraction of sp³-hybridized carbons (Fsp3) is 0.350. The Bertz CT molecular complexity index is 923. The summed E-state index contributed by atoms with van der Waals surface area (Å²) in [5, 5.41) is 9.80. The number of amides is 1. The number of nitrogens with zero attached hydrogens (tertiary/aromatic N) is 5. The van der Waals surface area contributed by atoms with Gasteiger partial charge in [-0.05, 0) is 36.1 Å². The molecule has 4 rings (SSSR count). The number of carbonyl (C=O) groups excluding carboxylic acids is 1. The lowest BCUT2D eigenvalue weighted by Gasteiger charge is -2.34. The second-order valence-corrected chi connectivity index (χ2v) is 8.47. The summed E-state index contributed by atoms with van der Waals surface area (Å²) >= 11 is 7.94. The van der Waals surface area contributed by atoms with Crippen LogP contribution in [0.3, 0.4) is 0 Å². The van der Waals surface area contributed by atoms with Gasteiger partial charge in [0.1, 0.15) is 12.7 Å². The van der Waals surface area contributed by atoms with Gasteiger partial charge in [0.2, 0.25) is 5.91 Å². The van der Waals surface area contributed by atoms with Crippen LogP contribution in [-0.2, 0) is 11.2 Å². The third-order valence-corrected chi connectivity index (χ3v) is 6.16. The van der Waals surface area contributed by atoms with Crippen molar-refractivity contribution in [1.29, 1.82) is 0 Å². The van der Waals surface area contributed by atoms with E-state index < -0.39 is 0 Å². The van der Waals surface area contributed by atoms with E-state index >= 15 is 0 Å². The van der Waals surface area contributed by atoms with Crippen LogP contribution < -0.4 is 5.32 Å². The molecule has 0 spiro atoms. The van der Waals surface area contributed by atoms with Gasteiger partial charge in [-0.3, -0.25) is 9.69 Å². The summed E-state index contributed by atoms with van der Waals surface area (Å²) in [7, 11) is 0. The molecule has 0 saturated carbocycles. The van der Waals surface area contributed by atoms with Gasteiger partial charge in [-0.15, -0.1) is 11.3 Å². The fourth-order valence-corrected chi connectivity index (χ4v) is 4.30. The third-order valence-electron chi connectivity index (χ3n) is 4.98. The van der Waals surface area contributed by atoms with Crippen LogP contribution in [0.5, 0.6) is 0 Å². The van der Waals surface area contributed by atoms with E-state index in [4.69, 9.17) is 11.6 Å². The van der Waals surface area contributed by atoms with Crippen LogP contribution in [0.15, 0.2) is 48.4 Å². The molecule has 7 nitrogen and oxygen atoms in total. The molecule has 1 saturated heterocycles. The number of thiophene rings is 1. The molecule has 0 radical (unpaired) electrons. The van der Waals surface area contributed by atoms with E-state index in [9.17, 15) is 4.79 Å². The maximum atomic E-state index is 12.6. The van der Waals surface area contributed by atoms with Gasteiger partial charge in [0.25, 0.3) is 0 Å². The molecule has 1 aliphatic rings. The molecule has 9 heteroatoms. The average Bonchev–Trinajstić information content (AvgIpc) is 3.42. The van der Waals surface area contributed by atoms with Gasteiger partial charge in [0.15, 0.2) is 0 Å². The Hall–Kier alpha value is -2.26. The van der Waals surface area contributed by atoms with E-state index in [-0.39, 0.29) is 5.91 Å². The molecule has 1 fully saturated rings. The summed E-state index contributed by atoms with van der Waals surface area (Å²) in [4.78, 5) is 22.7. The average molecular weight is 431 g/mol. The Labute approximate surface area is 178 Å². The monoisotopic (exact) mass is 430 g/mol. The van der Waals surface area contributed by atoms with E-state index in [0.717, 1.165) is 44.8 Å². The fourth-order valence-electron chi connectivity index (χ4n) is 3.43. The summed E-state index contributed by atoms with van der Waals surface area (Å²) < 4.78 is 1.61. The summed E-state index contributed by atoms with van der Waals surface area (Å²) in [5.41, 5.74) is 1.36. The minimum Gasteiger partial charge on any atom is -0.323 e. The van der Waals surface area contributed by atoms with Gasteiger partial charge in [0.05, 0.1) is 17.9 Å². The second-order valence-electron chi connectivity index (χ2n) is 7.00. The van der Waals surface area contributed by atoms with E-state index in [1.165, 1.54) is 11.2 Å². The quantitative estimate of drug-likeness (QED) is 0.624. The lowest BCUT2D eigenvalue weighted by atomic mass is 10.2. The lowest BCUT2D eigenvalue weighted by Crippen LogP contribution is -2.49. The van der Waals surface area contributed by atoms with Crippen molar-refractivity contribution in [3.8, 4) is 5.69 Å². The number of halogens is 1. The van der Waals surface area contributed by atoms with Crippen LogP contribution in [0.1, 0.15) is 4.88 Å². The topological polar surface area (TPSA) is 66.3 Å². The highest BCUT2D eigenvalue weighted by Crippen LogP contribution is 2.24. The number of anilines is 1. The SMILES string of the molecule is O=C(CN1CCN(CCc2cccs2)CC1)Nc1cc(Cl)ccc1-n1cncn1. The van der Waals surface area contributed by atoms with Crippen molar-refractivity contribution >= 4 is 34.5 Å². The molecule has 2 aromatic heterocycles. The first-order valence-corrected chi connectivity index (χ1v) is 10.8. The normalized spacial score (nSPS) is 15.5. The zero-order valence-electron chi connectivity index (χ0n) is 16.0. The lowest BCUT2D eigenvalue weighted by molar-refractivity contribution is -0.117. The molecule has 1 amide bonds. The van der Waals surface area contributed by atoms with Gasteiger partial charge in [0, 0.05) is 42.6 Å². The third kappa shape index (κ3) is 5.42. The largest absolute Gasteiger partial charge is 0.323 e. The minimum atomic E-state index is -0.0549. The Morgan fingerprint density at radius 2 is 2.00 bits per heavy atom. The van der Waals surface area contributed by atoms with Crippen LogP contribution >= 0.6 is 22.9 Å².